The standard InChI is InChI=1S/C24H26N2O5/c1-3-4-5-6-15-25-21(17-11-13-19(14-12-17)26(30)31)20(23(28)24(25)29)22(27)18-9-7-16(2)8-10-18/h7-14,21,27H,3-6,15H2,1-2H3/b22-20-. The highest BCUT2D eigenvalue weighted by molar-refractivity contribution is 6.46. The van der Waals surface area contributed by atoms with Crippen molar-refractivity contribution >= 4 is 23.1 Å². The summed E-state index contributed by atoms with van der Waals surface area (Å²) in [6.45, 7) is 4.37. The van der Waals surface area contributed by atoms with Crippen LogP contribution < -0.4 is 0 Å². The number of carbonyl (C=O) groups excluding carboxylic acids is 2. The number of ketones is 1. The first kappa shape index (κ1) is 22.2. The van der Waals surface area contributed by atoms with Crippen molar-refractivity contribution in [3.8, 4) is 0 Å². The van der Waals surface area contributed by atoms with E-state index in [0.29, 0.717) is 17.7 Å². The van der Waals surface area contributed by atoms with E-state index in [2.05, 4.69) is 6.92 Å². The van der Waals surface area contributed by atoms with Gasteiger partial charge in [-0.25, -0.2) is 0 Å². The molecule has 1 atom stereocenters. The minimum atomic E-state index is -0.788. The lowest BCUT2D eigenvalue weighted by Crippen LogP contribution is -2.30. The molecule has 7 nitrogen and oxygen atoms in total. The van der Waals surface area contributed by atoms with E-state index in [4.69, 9.17) is 0 Å². The molecule has 1 heterocycles. The molecule has 1 aliphatic rings. The highest BCUT2D eigenvalue weighted by Crippen LogP contribution is 2.40. The van der Waals surface area contributed by atoms with Gasteiger partial charge in [-0.15, -0.1) is 0 Å². The van der Waals surface area contributed by atoms with E-state index < -0.39 is 22.7 Å². The average molecular weight is 422 g/mol. The molecule has 1 saturated heterocycles. The van der Waals surface area contributed by atoms with Crippen molar-refractivity contribution in [3.63, 3.8) is 0 Å². The number of aliphatic hydroxyl groups excluding tert-OH is 1. The van der Waals surface area contributed by atoms with Gasteiger partial charge in [0.2, 0.25) is 0 Å². The summed E-state index contributed by atoms with van der Waals surface area (Å²) < 4.78 is 0. The van der Waals surface area contributed by atoms with Gasteiger partial charge in [0.25, 0.3) is 17.4 Å². The lowest BCUT2D eigenvalue weighted by Gasteiger charge is -2.25. The second kappa shape index (κ2) is 9.55. The molecule has 0 spiro atoms. The lowest BCUT2D eigenvalue weighted by atomic mass is 9.95. The minimum Gasteiger partial charge on any atom is -0.507 e. The summed E-state index contributed by atoms with van der Waals surface area (Å²) in [5, 5.41) is 22.0. The summed E-state index contributed by atoms with van der Waals surface area (Å²) in [5.74, 6) is -1.64. The van der Waals surface area contributed by atoms with Crippen molar-refractivity contribution in [1.82, 2.24) is 4.90 Å². The largest absolute Gasteiger partial charge is 0.507 e. The predicted octanol–water partition coefficient (Wildman–Crippen LogP) is 4.91. The molecule has 0 aliphatic carbocycles. The van der Waals surface area contributed by atoms with Crippen LogP contribution in [0.4, 0.5) is 5.69 Å². The van der Waals surface area contributed by atoms with Crippen molar-refractivity contribution in [1.29, 1.82) is 0 Å². The van der Waals surface area contributed by atoms with Gasteiger partial charge in [0.1, 0.15) is 5.76 Å². The summed E-state index contributed by atoms with van der Waals surface area (Å²) in [7, 11) is 0. The number of hydrogen-bond donors (Lipinski definition) is 1. The third kappa shape index (κ3) is 4.66. The van der Waals surface area contributed by atoms with Crippen molar-refractivity contribution in [2.24, 2.45) is 0 Å². The zero-order chi connectivity index (χ0) is 22.5. The van der Waals surface area contributed by atoms with Crippen molar-refractivity contribution in [2.75, 3.05) is 6.54 Å². The van der Waals surface area contributed by atoms with Crippen LogP contribution in [0, 0.1) is 17.0 Å². The second-order valence-electron chi connectivity index (χ2n) is 7.77. The van der Waals surface area contributed by atoms with Crippen LogP contribution in [0.25, 0.3) is 5.76 Å². The van der Waals surface area contributed by atoms with E-state index in [0.717, 1.165) is 31.2 Å². The molecule has 3 rings (SSSR count). The summed E-state index contributed by atoms with van der Waals surface area (Å²) in [5.41, 5.74) is 1.93. The average Bonchev–Trinajstić information content (AvgIpc) is 3.01. The number of Topliss-reactive ketones (excluding diaryl/α,β-unsaturated/α-hetero) is 1. The maximum Gasteiger partial charge on any atom is 0.295 e. The van der Waals surface area contributed by atoms with Gasteiger partial charge in [0.05, 0.1) is 16.5 Å². The van der Waals surface area contributed by atoms with Crippen LogP contribution in [-0.2, 0) is 9.59 Å². The highest BCUT2D eigenvalue weighted by atomic mass is 16.6. The van der Waals surface area contributed by atoms with Crippen molar-refractivity contribution < 1.29 is 19.6 Å². The number of hydrogen-bond acceptors (Lipinski definition) is 5. The van der Waals surface area contributed by atoms with Crippen molar-refractivity contribution in [3.05, 3.63) is 80.9 Å². The van der Waals surface area contributed by atoms with Crippen LogP contribution in [-0.4, -0.2) is 33.2 Å². The number of benzene rings is 2. The number of aliphatic hydroxyl groups is 1. The van der Waals surface area contributed by atoms with Crippen LogP contribution >= 0.6 is 0 Å². The Bertz CT molecular complexity index is 1010. The van der Waals surface area contributed by atoms with Crippen LogP contribution in [0.15, 0.2) is 54.1 Å². The molecule has 7 heteroatoms. The fourth-order valence-electron chi connectivity index (χ4n) is 3.81. The fraction of sp³-hybridized carbons (Fsp3) is 0.333. The molecule has 0 radical (unpaired) electrons. The highest BCUT2D eigenvalue weighted by Gasteiger charge is 2.45. The quantitative estimate of drug-likeness (QED) is 0.163. The van der Waals surface area contributed by atoms with Crippen LogP contribution in [0.2, 0.25) is 0 Å². The fourth-order valence-corrected chi connectivity index (χ4v) is 3.81. The molecule has 162 valence electrons. The Morgan fingerprint density at radius 1 is 1.03 bits per heavy atom. The summed E-state index contributed by atoms with van der Waals surface area (Å²) >= 11 is 0. The minimum absolute atomic E-state index is 0.0122. The molecule has 0 saturated carbocycles. The smallest absolute Gasteiger partial charge is 0.295 e. The third-order valence-electron chi connectivity index (χ3n) is 5.54. The Balaban J connectivity index is 2.07. The molecule has 0 aromatic heterocycles. The summed E-state index contributed by atoms with van der Waals surface area (Å²) in [4.78, 5) is 37.8. The summed E-state index contributed by atoms with van der Waals surface area (Å²) in [6.07, 6.45) is 3.72. The molecule has 2 aromatic rings. The third-order valence-corrected chi connectivity index (χ3v) is 5.54. The van der Waals surface area contributed by atoms with Gasteiger partial charge in [-0.2, -0.15) is 0 Å². The molecular weight excluding hydrogens is 396 g/mol. The van der Waals surface area contributed by atoms with Gasteiger partial charge in [-0.3, -0.25) is 19.7 Å². The number of nitro groups is 1. The Morgan fingerprint density at radius 3 is 2.26 bits per heavy atom. The number of nitrogens with zero attached hydrogens (tertiary/aromatic N) is 2. The van der Waals surface area contributed by atoms with Gasteiger partial charge >= 0.3 is 0 Å². The number of aryl methyl sites for hydroxylation is 1. The number of rotatable bonds is 8. The van der Waals surface area contributed by atoms with Gasteiger partial charge in [-0.1, -0.05) is 56.0 Å². The van der Waals surface area contributed by atoms with E-state index in [1.165, 1.54) is 29.2 Å². The number of unbranched alkanes of at least 4 members (excludes halogenated alkanes) is 3. The van der Waals surface area contributed by atoms with Gasteiger partial charge in [-0.05, 0) is 31.0 Å². The van der Waals surface area contributed by atoms with E-state index in [1.54, 1.807) is 12.1 Å². The molecule has 2 aromatic carbocycles. The lowest BCUT2D eigenvalue weighted by molar-refractivity contribution is -0.384. The maximum absolute atomic E-state index is 12.9. The molecule has 1 unspecified atom stereocenters. The van der Waals surface area contributed by atoms with Gasteiger partial charge in [0.15, 0.2) is 0 Å². The number of nitro benzene ring substituents is 1. The van der Waals surface area contributed by atoms with Crippen LogP contribution in [0.5, 0.6) is 0 Å². The van der Waals surface area contributed by atoms with Crippen LogP contribution in [0.3, 0.4) is 0 Å². The topological polar surface area (TPSA) is 101 Å². The second-order valence-corrected chi connectivity index (χ2v) is 7.77. The first-order valence-corrected chi connectivity index (χ1v) is 10.4. The first-order chi connectivity index (χ1) is 14.8. The van der Waals surface area contributed by atoms with E-state index in [-0.39, 0.29) is 17.0 Å². The molecule has 1 N–H and O–H groups in total. The number of carbonyl (C=O) groups is 2. The Morgan fingerprint density at radius 2 is 1.68 bits per heavy atom. The molecular formula is C24H26N2O5. The van der Waals surface area contributed by atoms with E-state index >= 15 is 0 Å². The zero-order valence-electron chi connectivity index (χ0n) is 17.7. The number of likely N-dealkylation sites (tertiary alicyclic amines) is 1. The molecule has 1 aliphatic heterocycles. The van der Waals surface area contributed by atoms with Gasteiger partial charge in [0, 0.05) is 24.2 Å². The van der Waals surface area contributed by atoms with Crippen LogP contribution in [0.1, 0.15) is 55.3 Å². The first-order valence-electron chi connectivity index (χ1n) is 10.4. The Labute approximate surface area is 181 Å². The SMILES string of the molecule is CCCCCCN1C(=O)C(=O)/C(=C(\O)c2ccc(C)cc2)C1c1ccc([N+](=O)[O-])cc1. The molecule has 0 bridgehead atoms. The predicted molar refractivity (Wildman–Crippen MR) is 117 cm³/mol. The Kier molecular flexibility index (Phi) is 6.84. The normalized spacial score (nSPS) is 17.9. The van der Waals surface area contributed by atoms with Crippen molar-refractivity contribution in [2.45, 2.75) is 45.6 Å². The monoisotopic (exact) mass is 422 g/mol. The number of non-ortho nitro benzene ring substituents is 1. The molecule has 31 heavy (non-hydrogen) atoms. The van der Waals surface area contributed by atoms with E-state index in [1.807, 2.05) is 19.1 Å². The maximum atomic E-state index is 12.9. The van der Waals surface area contributed by atoms with E-state index in [9.17, 15) is 24.8 Å². The van der Waals surface area contributed by atoms with Gasteiger partial charge < -0.3 is 10.0 Å². The Hall–Kier alpha value is -3.48. The summed E-state index contributed by atoms with van der Waals surface area (Å²) in [6, 6.07) is 12.0. The molecule has 1 amide bonds. The molecule has 1 fully saturated rings. The number of amides is 1. The zero-order valence-corrected chi connectivity index (χ0v) is 17.7.